The van der Waals surface area contributed by atoms with Gasteiger partial charge in [-0.3, -0.25) is 4.79 Å². The Labute approximate surface area is 153 Å². The van der Waals surface area contributed by atoms with E-state index in [0.29, 0.717) is 5.56 Å². The number of carbonyl (C=O) groups is 2. The van der Waals surface area contributed by atoms with E-state index >= 15 is 0 Å². The van der Waals surface area contributed by atoms with Gasteiger partial charge in [-0.1, -0.05) is 24.6 Å². The molecule has 136 valence electrons. The Hall–Kier alpha value is -2.82. The summed E-state index contributed by atoms with van der Waals surface area (Å²) in [6, 6.07) is 16.3. The van der Waals surface area contributed by atoms with Crippen LogP contribution in [0.3, 0.4) is 0 Å². The summed E-state index contributed by atoms with van der Waals surface area (Å²) in [7, 11) is 0. The zero-order valence-electron chi connectivity index (χ0n) is 14.7. The Morgan fingerprint density at radius 1 is 0.885 bits per heavy atom. The van der Waals surface area contributed by atoms with E-state index in [4.69, 9.17) is 4.74 Å². The molecule has 1 fully saturated rings. The Morgan fingerprint density at radius 3 is 2.27 bits per heavy atom. The van der Waals surface area contributed by atoms with Gasteiger partial charge in [0.15, 0.2) is 0 Å². The molecule has 0 atom stereocenters. The first-order chi connectivity index (χ1) is 12.7. The number of anilines is 2. The van der Waals surface area contributed by atoms with Crippen molar-refractivity contribution in [1.29, 1.82) is 0 Å². The summed E-state index contributed by atoms with van der Waals surface area (Å²) in [5.41, 5.74) is 2.08. The van der Waals surface area contributed by atoms with E-state index in [9.17, 15) is 9.59 Å². The highest BCUT2D eigenvalue weighted by molar-refractivity contribution is 5.94. The summed E-state index contributed by atoms with van der Waals surface area (Å²) in [4.78, 5) is 24.1. The third-order valence-electron chi connectivity index (χ3n) is 4.46. The molecule has 2 N–H and O–H groups in total. The molecular formula is C21H24N2O3. The lowest BCUT2D eigenvalue weighted by atomic mass is 9.98. The van der Waals surface area contributed by atoms with Gasteiger partial charge in [-0.2, -0.15) is 0 Å². The molecule has 0 radical (unpaired) electrons. The predicted molar refractivity (Wildman–Crippen MR) is 102 cm³/mol. The first-order valence-electron chi connectivity index (χ1n) is 9.10. The third kappa shape index (κ3) is 5.34. The van der Waals surface area contributed by atoms with E-state index in [1.54, 1.807) is 24.3 Å². The number of hydrogen-bond donors (Lipinski definition) is 2. The molecule has 26 heavy (non-hydrogen) atoms. The van der Waals surface area contributed by atoms with Crippen LogP contribution in [0.15, 0.2) is 54.6 Å². The lowest BCUT2D eigenvalue weighted by Gasteiger charge is -2.21. The Balaban J connectivity index is 1.46. The van der Waals surface area contributed by atoms with Crippen LogP contribution in [-0.4, -0.2) is 24.5 Å². The van der Waals surface area contributed by atoms with Gasteiger partial charge >= 0.3 is 5.97 Å². The van der Waals surface area contributed by atoms with Crippen LogP contribution in [0.5, 0.6) is 0 Å². The molecule has 0 heterocycles. The van der Waals surface area contributed by atoms with Gasteiger partial charge < -0.3 is 15.4 Å². The number of benzene rings is 2. The first kappa shape index (κ1) is 18.0. The van der Waals surface area contributed by atoms with Crippen molar-refractivity contribution in [2.75, 3.05) is 17.2 Å². The second-order valence-electron chi connectivity index (χ2n) is 6.51. The van der Waals surface area contributed by atoms with Crippen LogP contribution >= 0.6 is 0 Å². The molecule has 0 aliphatic heterocycles. The van der Waals surface area contributed by atoms with Crippen LogP contribution in [0.4, 0.5) is 11.4 Å². The van der Waals surface area contributed by atoms with Gasteiger partial charge in [0, 0.05) is 11.4 Å². The molecule has 0 unspecified atom stereocenters. The number of rotatable bonds is 6. The lowest BCUT2D eigenvalue weighted by Crippen LogP contribution is -2.22. The van der Waals surface area contributed by atoms with E-state index in [0.717, 1.165) is 37.1 Å². The van der Waals surface area contributed by atoms with E-state index < -0.39 is 0 Å². The van der Waals surface area contributed by atoms with Crippen molar-refractivity contribution in [2.24, 2.45) is 0 Å². The van der Waals surface area contributed by atoms with Gasteiger partial charge in [-0.15, -0.1) is 0 Å². The standard InChI is InChI=1S/C21H24N2O3/c24-20(23-18-7-3-1-4-8-18)15-22-17-13-11-16(12-14-17)21(25)26-19-9-5-2-6-10-19/h1,3-4,7-8,11-14,19,22H,2,5-6,9-10,15H2,(H,23,24). The Kier molecular flexibility index (Phi) is 6.25. The highest BCUT2D eigenvalue weighted by atomic mass is 16.5. The van der Waals surface area contributed by atoms with Crippen LogP contribution in [-0.2, 0) is 9.53 Å². The number of ether oxygens (including phenoxy) is 1. The predicted octanol–water partition coefficient (Wildman–Crippen LogP) is 4.23. The highest BCUT2D eigenvalue weighted by Gasteiger charge is 2.18. The van der Waals surface area contributed by atoms with Crippen molar-refractivity contribution >= 4 is 23.3 Å². The fourth-order valence-corrected chi connectivity index (χ4v) is 3.04. The molecule has 0 aromatic heterocycles. The molecule has 5 nitrogen and oxygen atoms in total. The highest BCUT2D eigenvalue weighted by Crippen LogP contribution is 2.21. The van der Waals surface area contributed by atoms with Gasteiger partial charge in [0.1, 0.15) is 6.10 Å². The normalized spacial score (nSPS) is 14.5. The summed E-state index contributed by atoms with van der Waals surface area (Å²) in [5, 5.41) is 5.86. The van der Waals surface area contributed by atoms with Crippen LogP contribution in [0.1, 0.15) is 42.5 Å². The van der Waals surface area contributed by atoms with Crippen molar-refractivity contribution in [3.8, 4) is 0 Å². The summed E-state index contributed by atoms with van der Waals surface area (Å²) < 4.78 is 5.56. The average molecular weight is 352 g/mol. The molecule has 0 spiro atoms. The second-order valence-corrected chi connectivity index (χ2v) is 6.51. The lowest BCUT2D eigenvalue weighted by molar-refractivity contribution is -0.114. The molecule has 2 aromatic rings. The number of esters is 1. The number of para-hydroxylation sites is 1. The molecule has 1 aliphatic carbocycles. The minimum absolute atomic E-state index is 0.0516. The van der Waals surface area contributed by atoms with Crippen molar-refractivity contribution < 1.29 is 14.3 Å². The molecule has 2 aromatic carbocycles. The maximum atomic E-state index is 12.2. The van der Waals surface area contributed by atoms with Crippen molar-refractivity contribution in [3.05, 3.63) is 60.2 Å². The smallest absolute Gasteiger partial charge is 0.338 e. The number of nitrogens with one attached hydrogen (secondary N) is 2. The number of hydrogen-bond acceptors (Lipinski definition) is 4. The van der Waals surface area contributed by atoms with Crippen LogP contribution < -0.4 is 10.6 Å². The van der Waals surface area contributed by atoms with Crippen LogP contribution in [0.2, 0.25) is 0 Å². The quantitative estimate of drug-likeness (QED) is 0.764. The maximum absolute atomic E-state index is 12.2. The van der Waals surface area contributed by atoms with E-state index in [1.807, 2.05) is 30.3 Å². The molecule has 0 saturated heterocycles. The van der Waals surface area contributed by atoms with Gasteiger partial charge in [0.05, 0.1) is 12.1 Å². The minimum atomic E-state index is -0.273. The van der Waals surface area contributed by atoms with Crippen LogP contribution in [0, 0.1) is 0 Å². The average Bonchev–Trinajstić information content (AvgIpc) is 2.68. The fourth-order valence-electron chi connectivity index (χ4n) is 3.04. The van der Waals surface area contributed by atoms with E-state index in [2.05, 4.69) is 10.6 Å². The van der Waals surface area contributed by atoms with Gasteiger partial charge in [-0.05, 0) is 62.1 Å². The first-order valence-corrected chi connectivity index (χ1v) is 9.10. The van der Waals surface area contributed by atoms with E-state index in [-0.39, 0.29) is 24.5 Å². The van der Waals surface area contributed by atoms with Crippen molar-refractivity contribution in [3.63, 3.8) is 0 Å². The summed E-state index contributed by atoms with van der Waals surface area (Å²) in [6.07, 6.45) is 5.46. The molecule has 5 heteroatoms. The van der Waals surface area contributed by atoms with Gasteiger partial charge in [-0.25, -0.2) is 4.79 Å². The van der Waals surface area contributed by atoms with Gasteiger partial charge in [0.25, 0.3) is 0 Å². The molecule has 1 saturated carbocycles. The number of carbonyl (C=O) groups excluding carboxylic acids is 2. The topological polar surface area (TPSA) is 67.4 Å². The zero-order valence-corrected chi connectivity index (χ0v) is 14.7. The Morgan fingerprint density at radius 2 is 1.58 bits per heavy atom. The maximum Gasteiger partial charge on any atom is 0.338 e. The second kappa shape index (κ2) is 9.04. The molecule has 1 aliphatic rings. The van der Waals surface area contributed by atoms with E-state index in [1.165, 1.54) is 6.42 Å². The third-order valence-corrected chi connectivity index (χ3v) is 4.46. The molecular weight excluding hydrogens is 328 g/mol. The SMILES string of the molecule is O=C(CNc1ccc(C(=O)OC2CCCCC2)cc1)Nc1ccccc1. The number of amides is 1. The Bertz CT molecular complexity index is 723. The largest absolute Gasteiger partial charge is 0.459 e. The molecule has 3 rings (SSSR count). The van der Waals surface area contributed by atoms with Crippen molar-refractivity contribution in [1.82, 2.24) is 0 Å². The van der Waals surface area contributed by atoms with Crippen molar-refractivity contribution in [2.45, 2.75) is 38.2 Å². The molecule has 0 bridgehead atoms. The zero-order chi connectivity index (χ0) is 18.2. The van der Waals surface area contributed by atoms with Crippen LogP contribution in [0.25, 0.3) is 0 Å². The monoisotopic (exact) mass is 352 g/mol. The summed E-state index contributed by atoms with van der Waals surface area (Å²) in [6.45, 7) is 0.154. The van der Waals surface area contributed by atoms with Gasteiger partial charge in [0.2, 0.25) is 5.91 Å². The fraction of sp³-hybridized carbons (Fsp3) is 0.333. The minimum Gasteiger partial charge on any atom is -0.459 e. The summed E-state index contributed by atoms with van der Waals surface area (Å²) in [5.74, 6) is -0.401. The molecule has 1 amide bonds. The summed E-state index contributed by atoms with van der Waals surface area (Å²) >= 11 is 0.